The number of aliphatic hydroxyl groups excluding tert-OH is 1. The summed E-state index contributed by atoms with van der Waals surface area (Å²) in [7, 11) is 1.54. The first-order valence-electron chi connectivity index (χ1n) is 6.66. The van der Waals surface area contributed by atoms with Gasteiger partial charge in [0.25, 0.3) is 0 Å². The van der Waals surface area contributed by atoms with Gasteiger partial charge in [0.2, 0.25) is 5.91 Å². The molecule has 0 aromatic carbocycles. The van der Waals surface area contributed by atoms with Crippen LogP contribution in [0.5, 0.6) is 0 Å². The van der Waals surface area contributed by atoms with Gasteiger partial charge in [-0.3, -0.25) is 4.79 Å². The summed E-state index contributed by atoms with van der Waals surface area (Å²) < 4.78 is 4.79. The predicted octanol–water partition coefficient (Wildman–Crippen LogP) is 1.47. The van der Waals surface area contributed by atoms with E-state index in [1.807, 2.05) is 0 Å². The summed E-state index contributed by atoms with van der Waals surface area (Å²) in [6, 6.07) is 0. The third-order valence-electron chi connectivity index (χ3n) is 3.40. The lowest BCUT2D eigenvalue weighted by atomic mass is 9.86. The summed E-state index contributed by atoms with van der Waals surface area (Å²) in [4.78, 5) is 11.5. The van der Waals surface area contributed by atoms with E-state index in [0.29, 0.717) is 6.42 Å². The number of methoxy groups -OCH3 is 1. The van der Waals surface area contributed by atoms with E-state index in [4.69, 9.17) is 4.74 Å². The van der Waals surface area contributed by atoms with Crippen molar-refractivity contribution >= 4 is 5.91 Å². The Hall–Kier alpha value is -0.610. The highest BCUT2D eigenvalue weighted by molar-refractivity contribution is 5.75. The van der Waals surface area contributed by atoms with Crippen LogP contribution >= 0.6 is 0 Å². The molecule has 1 saturated carbocycles. The van der Waals surface area contributed by atoms with E-state index in [2.05, 4.69) is 5.32 Å². The highest BCUT2D eigenvalue weighted by Crippen LogP contribution is 2.27. The molecule has 0 heterocycles. The van der Waals surface area contributed by atoms with E-state index in [1.165, 1.54) is 39.2 Å². The van der Waals surface area contributed by atoms with Gasteiger partial charge in [0.1, 0.15) is 0 Å². The molecule has 1 aliphatic carbocycles. The lowest BCUT2D eigenvalue weighted by molar-refractivity contribution is -0.122. The number of carbonyl (C=O) groups excluding carboxylic acids is 1. The van der Waals surface area contributed by atoms with Crippen molar-refractivity contribution in [2.45, 2.75) is 51.0 Å². The first kappa shape index (κ1) is 14.5. The molecule has 0 spiro atoms. The summed E-state index contributed by atoms with van der Waals surface area (Å²) >= 11 is 0. The fourth-order valence-corrected chi connectivity index (χ4v) is 2.38. The Labute approximate surface area is 104 Å². The normalized spacial score (nSPS) is 18.9. The van der Waals surface area contributed by atoms with E-state index in [1.54, 1.807) is 0 Å². The van der Waals surface area contributed by atoms with Crippen molar-refractivity contribution in [2.24, 2.45) is 5.92 Å². The van der Waals surface area contributed by atoms with Crippen molar-refractivity contribution < 1.29 is 14.6 Å². The fourth-order valence-electron chi connectivity index (χ4n) is 2.38. The molecule has 0 bridgehead atoms. The lowest BCUT2D eigenvalue weighted by Gasteiger charge is -2.21. The molecule has 0 aromatic rings. The predicted molar refractivity (Wildman–Crippen MR) is 66.7 cm³/mol. The SMILES string of the molecule is COCC(O)CNC(=O)CCC1CCCCC1. The van der Waals surface area contributed by atoms with Gasteiger partial charge in [-0.2, -0.15) is 0 Å². The third kappa shape index (κ3) is 6.64. The van der Waals surface area contributed by atoms with Crippen LogP contribution in [-0.4, -0.2) is 37.4 Å². The van der Waals surface area contributed by atoms with E-state index >= 15 is 0 Å². The molecule has 4 heteroatoms. The minimum absolute atomic E-state index is 0.0470. The Morgan fingerprint density at radius 1 is 1.41 bits per heavy atom. The molecular weight excluding hydrogens is 218 g/mol. The van der Waals surface area contributed by atoms with Crippen molar-refractivity contribution in [3.05, 3.63) is 0 Å². The maximum Gasteiger partial charge on any atom is 0.220 e. The summed E-state index contributed by atoms with van der Waals surface area (Å²) in [5, 5.41) is 12.1. The highest BCUT2D eigenvalue weighted by atomic mass is 16.5. The van der Waals surface area contributed by atoms with Gasteiger partial charge in [-0.15, -0.1) is 0 Å². The lowest BCUT2D eigenvalue weighted by Crippen LogP contribution is -2.34. The van der Waals surface area contributed by atoms with Crippen molar-refractivity contribution in [1.82, 2.24) is 5.32 Å². The van der Waals surface area contributed by atoms with Crippen molar-refractivity contribution in [1.29, 1.82) is 0 Å². The molecular formula is C13H25NO3. The Kier molecular flexibility index (Phi) is 7.21. The summed E-state index contributed by atoms with van der Waals surface area (Å²) in [5.74, 6) is 0.782. The van der Waals surface area contributed by atoms with Gasteiger partial charge < -0.3 is 15.2 Å². The summed E-state index contributed by atoms with van der Waals surface area (Å²) in [5.41, 5.74) is 0. The monoisotopic (exact) mass is 243 g/mol. The Bertz CT molecular complexity index is 215. The van der Waals surface area contributed by atoms with Crippen LogP contribution in [0.25, 0.3) is 0 Å². The number of carbonyl (C=O) groups is 1. The zero-order valence-corrected chi connectivity index (χ0v) is 10.8. The van der Waals surface area contributed by atoms with E-state index in [9.17, 15) is 9.90 Å². The quantitative estimate of drug-likeness (QED) is 0.712. The Morgan fingerprint density at radius 3 is 2.76 bits per heavy atom. The van der Waals surface area contributed by atoms with Crippen molar-refractivity contribution in [3.8, 4) is 0 Å². The molecule has 17 heavy (non-hydrogen) atoms. The first-order chi connectivity index (χ1) is 8.22. The zero-order valence-electron chi connectivity index (χ0n) is 10.8. The topological polar surface area (TPSA) is 58.6 Å². The van der Waals surface area contributed by atoms with E-state index in [-0.39, 0.29) is 19.1 Å². The van der Waals surface area contributed by atoms with E-state index < -0.39 is 6.10 Å². The number of hydrogen-bond donors (Lipinski definition) is 2. The number of hydrogen-bond acceptors (Lipinski definition) is 3. The number of ether oxygens (including phenoxy) is 1. The second kappa shape index (κ2) is 8.48. The molecule has 1 amide bonds. The van der Waals surface area contributed by atoms with Gasteiger partial charge in [-0.05, 0) is 12.3 Å². The van der Waals surface area contributed by atoms with Crippen molar-refractivity contribution in [3.63, 3.8) is 0 Å². The van der Waals surface area contributed by atoms with Crippen LogP contribution in [0, 0.1) is 5.92 Å². The molecule has 1 rings (SSSR count). The second-order valence-corrected chi connectivity index (χ2v) is 4.96. The number of nitrogens with one attached hydrogen (secondary N) is 1. The fraction of sp³-hybridized carbons (Fsp3) is 0.923. The van der Waals surface area contributed by atoms with Gasteiger partial charge >= 0.3 is 0 Å². The Morgan fingerprint density at radius 2 is 2.12 bits per heavy atom. The summed E-state index contributed by atoms with van der Waals surface area (Å²) in [6.07, 6.45) is 7.53. The third-order valence-corrected chi connectivity index (χ3v) is 3.40. The van der Waals surface area contributed by atoms with Crippen LogP contribution < -0.4 is 5.32 Å². The molecule has 1 fully saturated rings. The van der Waals surface area contributed by atoms with Gasteiger partial charge in [0.05, 0.1) is 12.7 Å². The zero-order chi connectivity index (χ0) is 12.5. The summed E-state index contributed by atoms with van der Waals surface area (Å²) in [6.45, 7) is 0.556. The molecule has 0 radical (unpaired) electrons. The maximum atomic E-state index is 11.5. The van der Waals surface area contributed by atoms with Gasteiger partial charge in [-0.1, -0.05) is 32.1 Å². The maximum absolute atomic E-state index is 11.5. The molecule has 2 N–H and O–H groups in total. The van der Waals surface area contributed by atoms with Gasteiger partial charge in [0, 0.05) is 20.1 Å². The molecule has 1 unspecified atom stereocenters. The van der Waals surface area contributed by atoms with Crippen LogP contribution in [0.1, 0.15) is 44.9 Å². The smallest absolute Gasteiger partial charge is 0.220 e. The van der Waals surface area contributed by atoms with Crippen molar-refractivity contribution in [2.75, 3.05) is 20.3 Å². The second-order valence-electron chi connectivity index (χ2n) is 4.96. The number of aliphatic hydroxyl groups is 1. The average molecular weight is 243 g/mol. The molecule has 0 saturated heterocycles. The standard InChI is InChI=1S/C13H25NO3/c1-17-10-12(15)9-14-13(16)8-7-11-5-3-2-4-6-11/h11-12,15H,2-10H2,1H3,(H,14,16). The molecule has 4 nitrogen and oxygen atoms in total. The molecule has 0 aromatic heterocycles. The molecule has 1 atom stereocenters. The largest absolute Gasteiger partial charge is 0.389 e. The molecule has 1 aliphatic rings. The average Bonchev–Trinajstić information content (AvgIpc) is 2.35. The minimum atomic E-state index is -0.598. The highest BCUT2D eigenvalue weighted by Gasteiger charge is 2.15. The van der Waals surface area contributed by atoms with Crippen LogP contribution in [-0.2, 0) is 9.53 Å². The Balaban J connectivity index is 2.04. The number of rotatable bonds is 7. The van der Waals surface area contributed by atoms with Crippen LogP contribution in [0.2, 0.25) is 0 Å². The van der Waals surface area contributed by atoms with Crippen LogP contribution in [0.15, 0.2) is 0 Å². The van der Waals surface area contributed by atoms with Crippen LogP contribution in [0.3, 0.4) is 0 Å². The molecule has 0 aliphatic heterocycles. The van der Waals surface area contributed by atoms with Gasteiger partial charge in [-0.25, -0.2) is 0 Å². The number of amides is 1. The van der Waals surface area contributed by atoms with Gasteiger partial charge in [0.15, 0.2) is 0 Å². The van der Waals surface area contributed by atoms with E-state index in [0.717, 1.165) is 12.3 Å². The van der Waals surface area contributed by atoms with Crippen LogP contribution in [0.4, 0.5) is 0 Å². The molecule has 100 valence electrons. The first-order valence-corrected chi connectivity index (χ1v) is 6.66. The minimum Gasteiger partial charge on any atom is -0.389 e.